The van der Waals surface area contributed by atoms with Gasteiger partial charge in [-0.25, -0.2) is 0 Å². The second-order valence-corrected chi connectivity index (χ2v) is 18.1. The van der Waals surface area contributed by atoms with Crippen LogP contribution in [0, 0.1) is 0 Å². The summed E-state index contributed by atoms with van der Waals surface area (Å²) in [7, 11) is 0. The number of rotatable bonds is 49. The van der Waals surface area contributed by atoms with Crippen molar-refractivity contribution >= 4 is 17.9 Å². The third-order valence-electron chi connectivity index (χ3n) is 11.8. The molecule has 0 bridgehead atoms. The van der Waals surface area contributed by atoms with Crippen LogP contribution in [0.4, 0.5) is 0 Å². The van der Waals surface area contributed by atoms with E-state index in [1.807, 2.05) is 0 Å². The van der Waals surface area contributed by atoms with Gasteiger partial charge in [-0.2, -0.15) is 0 Å². The molecule has 366 valence electrons. The summed E-state index contributed by atoms with van der Waals surface area (Å²) in [5.74, 6) is -0.889. The Morgan fingerprint density at radius 2 is 0.619 bits per heavy atom. The number of ether oxygens (including phenoxy) is 3. The molecule has 0 spiro atoms. The van der Waals surface area contributed by atoms with Crippen LogP contribution in [0.1, 0.15) is 278 Å². The molecule has 0 saturated heterocycles. The first kappa shape index (κ1) is 60.4. The molecule has 0 fully saturated rings. The molecule has 0 aromatic heterocycles. The van der Waals surface area contributed by atoms with Gasteiger partial charge in [-0.3, -0.25) is 14.4 Å². The zero-order chi connectivity index (χ0) is 45.8. The first-order chi connectivity index (χ1) is 31.0. The minimum atomic E-state index is -0.779. The molecule has 0 N–H and O–H groups in total. The number of esters is 3. The minimum absolute atomic E-state index is 0.0778. The van der Waals surface area contributed by atoms with Crippen molar-refractivity contribution in [2.24, 2.45) is 0 Å². The second-order valence-electron chi connectivity index (χ2n) is 18.1. The Kier molecular flexibility index (Phi) is 49.8. The SMILES string of the molecule is CC/C=C\C/C=C\C/C=C\CCCCCCCC(=O)OC[C@H](COC(=O)CCCCCCCCCCCCCCC)OC(=O)CCCCCCCCC/C=C\CCCCCCCC. The van der Waals surface area contributed by atoms with E-state index in [1.165, 1.54) is 141 Å². The van der Waals surface area contributed by atoms with Crippen LogP contribution in [0.5, 0.6) is 0 Å². The third-order valence-corrected chi connectivity index (χ3v) is 11.8. The lowest BCUT2D eigenvalue weighted by Gasteiger charge is -2.18. The average molecular weight is 883 g/mol. The fourth-order valence-corrected chi connectivity index (χ4v) is 7.75. The summed E-state index contributed by atoms with van der Waals surface area (Å²) in [4.78, 5) is 38.0. The Morgan fingerprint density at radius 3 is 0.984 bits per heavy atom. The average Bonchev–Trinajstić information content (AvgIpc) is 3.28. The van der Waals surface area contributed by atoms with Crippen molar-refractivity contribution in [2.45, 2.75) is 284 Å². The van der Waals surface area contributed by atoms with Crippen LogP contribution < -0.4 is 0 Å². The predicted octanol–water partition coefficient (Wildman–Crippen LogP) is 17.9. The quantitative estimate of drug-likeness (QED) is 0.0262. The van der Waals surface area contributed by atoms with Gasteiger partial charge < -0.3 is 14.2 Å². The van der Waals surface area contributed by atoms with Crippen LogP contribution in [0.2, 0.25) is 0 Å². The topological polar surface area (TPSA) is 78.9 Å². The van der Waals surface area contributed by atoms with Crippen LogP contribution >= 0.6 is 0 Å². The van der Waals surface area contributed by atoms with Crippen molar-refractivity contribution in [3.63, 3.8) is 0 Å². The van der Waals surface area contributed by atoms with Gasteiger partial charge in [-0.15, -0.1) is 0 Å². The van der Waals surface area contributed by atoms with Crippen molar-refractivity contribution < 1.29 is 28.6 Å². The van der Waals surface area contributed by atoms with Crippen molar-refractivity contribution in [2.75, 3.05) is 13.2 Å². The van der Waals surface area contributed by atoms with E-state index in [4.69, 9.17) is 14.2 Å². The summed E-state index contributed by atoms with van der Waals surface area (Å²) in [6, 6.07) is 0. The van der Waals surface area contributed by atoms with Crippen molar-refractivity contribution in [3.05, 3.63) is 48.6 Å². The van der Waals surface area contributed by atoms with Gasteiger partial charge in [0.05, 0.1) is 0 Å². The van der Waals surface area contributed by atoms with Crippen molar-refractivity contribution in [1.82, 2.24) is 0 Å². The summed E-state index contributed by atoms with van der Waals surface area (Å²) in [5.41, 5.74) is 0. The Morgan fingerprint density at radius 1 is 0.333 bits per heavy atom. The van der Waals surface area contributed by atoms with Crippen molar-refractivity contribution in [1.29, 1.82) is 0 Å². The van der Waals surface area contributed by atoms with Gasteiger partial charge >= 0.3 is 17.9 Å². The summed E-state index contributed by atoms with van der Waals surface area (Å²) < 4.78 is 16.8. The fourth-order valence-electron chi connectivity index (χ4n) is 7.75. The maximum atomic E-state index is 12.8. The zero-order valence-electron chi connectivity index (χ0n) is 41.8. The van der Waals surface area contributed by atoms with Gasteiger partial charge in [0, 0.05) is 19.3 Å². The lowest BCUT2D eigenvalue weighted by molar-refractivity contribution is -0.167. The Bertz CT molecular complexity index is 1110. The van der Waals surface area contributed by atoms with E-state index in [1.54, 1.807) is 0 Å². The molecule has 0 rings (SSSR count). The highest BCUT2D eigenvalue weighted by Gasteiger charge is 2.19. The molecule has 6 heteroatoms. The van der Waals surface area contributed by atoms with Crippen LogP contribution in [0.25, 0.3) is 0 Å². The molecule has 1 atom stereocenters. The highest BCUT2D eigenvalue weighted by molar-refractivity contribution is 5.71. The minimum Gasteiger partial charge on any atom is -0.462 e. The molecule has 0 heterocycles. The van der Waals surface area contributed by atoms with Gasteiger partial charge in [-0.1, -0.05) is 230 Å². The van der Waals surface area contributed by atoms with E-state index in [0.717, 1.165) is 96.3 Å². The monoisotopic (exact) mass is 883 g/mol. The summed E-state index contributed by atoms with van der Waals surface area (Å²) in [5, 5.41) is 0. The highest BCUT2D eigenvalue weighted by atomic mass is 16.6. The molecule has 0 amide bonds. The van der Waals surface area contributed by atoms with E-state index < -0.39 is 6.10 Å². The van der Waals surface area contributed by atoms with Gasteiger partial charge in [0.25, 0.3) is 0 Å². The molecule has 0 aliphatic rings. The van der Waals surface area contributed by atoms with Crippen LogP contribution in [0.3, 0.4) is 0 Å². The number of allylic oxidation sites excluding steroid dienone is 8. The normalized spacial score (nSPS) is 12.4. The summed E-state index contributed by atoms with van der Waals surface area (Å²) in [6.45, 7) is 6.53. The molecule has 0 saturated carbocycles. The number of hydrogen-bond donors (Lipinski definition) is 0. The van der Waals surface area contributed by atoms with E-state index in [9.17, 15) is 14.4 Å². The third kappa shape index (κ3) is 50.2. The molecule has 0 aliphatic heterocycles. The molecule has 6 nitrogen and oxygen atoms in total. The number of hydrogen-bond acceptors (Lipinski definition) is 6. The first-order valence-electron chi connectivity index (χ1n) is 27.1. The lowest BCUT2D eigenvalue weighted by Crippen LogP contribution is -2.30. The fraction of sp³-hybridized carbons (Fsp3) is 0.807. The predicted molar refractivity (Wildman–Crippen MR) is 270 cm³/mol. The van der Waals surface area contributed by atoms with E-state index in [2.05, 4.69) is 69.4 Å². The van der Waals surface area contributed by atoms with Crippen LogP contribution in [0.15, 0.2) is 48.6 Å². The molecule has 0 aromatic rings. The largest absolute Gasteiger partial charge is 0.462 e. The van der Waals surface area contributed by atoms with E-state index in [-0.39, 0.29) is 31.1 Å². The standard InChI is InChI=1S/C57H102O6/c1-4-7-10-13-16-19-22-25-27-28-30-33-36-39-42-45-48-51-57(60)63-54(52-61-55(58)49-46-43-40-37-34-31-24-21-18-15-12-9-6-3)53-62-56(59)50-47-44-41-38-35-32-29-26-23-20-17-14-11-8-5-2/h8,11,17,20,25-27,29,54H,4-7,9-10,12-16,18-19,21-24,28,30-53H2,1-3H3/b11-8-,20-17-,27-25-,29-26-/t54-/m0/s1. The number of carbonyl (C=O) groups is 3. The van der Waals surface area contributed by atoms with E-state index >= 15 is 0 Å². The Balaban J connectivity index is 4.38. The Labute approximate surface area is 390 Å². The second kappa shape index (κ2) is 52.0. The van der Waals surface area contributed by atoms with Gasteiger partial charge in [0.1, 0.15) is 13.2 Å². The molecule has 0 radical (unpaired) electrons. The van der Waals surface area contributed by atoms with Crippen LogP contribution in [-0.2, 0) is 28.6 Å². The Hall–Kier alpha value is -2.63. The maximum absolute atomic E-state index is 12.8. The molecule has 0 aliphatic carbocycles. The molecule has 0 aromatic carbocycles. The molecular formula is C57H102O6. The molecule has 63 heavy (non-hydrogen) atoms. The van der Waals surface area contributed by atoms with E-state index in [0.29, 0.717) is 19.3 Å². The highest BCUT2D eigenvalue weighted by Crippen LogP contribution is 2.15. The first-order valence-corrected chi connectivity index (χ1v) is 27.1. The van der Waals surface area contributed by atoms with Gasteiger partial charge in [0.15, 0.2) is 6.10 Å². The number of carbonyl (C=O) groups excluding carboxylic acids is 3. The van der Waals surface area contributed by atoms with Gasteiger partial charge in [0.2, 0.25) is 0 Å². The molecule has 0 unspecified atom stereocenters. The van der Waals surface area contributed by atoms with Gasteiger partial charge in [-0.05, 0) is 77.0 Å². The summed E-state index contributed by atoms with van der Waals surface area (Å²) >= 11 is 0. The smallest absolute Gasteiger partial charge is 0.306 e. The maximum Gasteiger partial charge on any atom is 0.306 e. The van der Waals surface area contributed by atoms with Crippen molar-refractivity contribution in [3.8, 4) is 0 Å². The van der Waals surface area contributed by atoms with Crippen LogP contribution in [-0.4, -0.2) is 37.2 Å². The summed E-state index contributed by atoms with van der Waals surface area (Å²) in [6.07, 6.45) is 62.3. The number of unbranched alkanes of at least 4 members (excludes halogenated alkanes) is 30. The zero-order valence-corrected chi connectivity index (χ0v) is 41.8. The molecular weight excluding hydrogens is 781 g/mol. The lowest BCUT2D eigenvalue weighted by atomic mass is 10.0.